The summed E-state index contributed by atoms with van der Waals surface area (Å²) in [6, 6.07) is 8.71. The number of pyridine rings is 1. The molecule has 0 aliphatic carbocycles. The number of fused-ring (bicyclic) bond motifs is 1. The number of aromatic nitrogens is 5. The van der Waals surface area contributed by atoms with Gasteiger partial charge in [-0.2, -0.15) is 0 Å². The second kappa shape index (κ2) is 9.67. The molecule has 2 amide bonds. The van der Waals surface area contributed by atoms with Crippen molar-refractivity contribution in [3.63, 3.8) is 0 Å². The Hall–Kier alpha value is -4.38. The van der Waals surface area contributed by atoms with E-state index in [9.17, 15) is 9.59 Å². The van der Waals surface area contributed by atoms with Gasteiger partial charge in [-0.05, 0) is 62.2 Å². The highest BCUT2D eigenvalue weighted by Gasteiger charge is 2.30. The number of halogens is 1. The summed E-state index contributed by atoms with van der Waals surface area (Å²) < 4.78 is 19.1. The second-order valence-corrected chi connectivity index (χ2v) is 10.8. The molecule has 6 heterocycles. The first-order chi connectivity index (χ1) is 19.5. The molecule has 0 radical (unpaired) electrons. The highest BCUT2D eigenvalue weighted by molar-refractivity contribution is 6.00. The highest BCUT2D eigenvalue weighted by atomic mass is 19.1. The molecular weight excluding hydrogens is 511 g/mol. The number of aromatic amines is 2. The molecule has 40 heavy (non-hydrogen) atoms. The number of amides is 2. The molecule has 0 unspecified atom stereocenters. The first-order valence-corrected chi connectivity index (χ1v) is 13.7. The summed E-state index contributed by atoms with van der Waals surface area (Å²) in [5, 5.41) is 9.63. The van der Waals surface area contributed by atoms with E-state index in [1.807, 2.05) is 51.8 Å². The maximum atomic E-state index is 15.1. The largest absolute Gasteiger partial charge is 0.345 e. The Bertz CT molecular complexity index is 1790. The lowest BCUT2D eigenvalue weighted by Gasteiger charge is -2.35. The van der Waals surface area contributed by atoms with Gasteiger partial charge >= 0.3 is 6.03 Å². The van der Waals surface area contributed by atoms with Crippen molar-refractivity contribution >= 4 is 22.6 Å². The number of piperidine rings is 1. The van der Waals surface area contributed by atoms with E-state index in [1.165, 1.54) is 12.1 Å². The minimum atomic E-state index is -0.396. The molecule has 5 aromatic rings. The predicted molar refractivity (Wildman–Crippen MR) is 151 cm³/mol. The molecule has 4 aromatic heterocycles. The average molecular weight is 543 g/mol. The third-order valence-corrected chi connectivity index (χ3v) is 8.36. The summed E-state index contributed by atoms with van der Waals surface area (Å²) in [7, 11) is 1.96. The van der Waals surface area contributed by atoms with Crippen LogP contribution in [0.3, 0.4) is 0 Å². The molecule has 206 valence electrons. The van der Waals surface area contributed by atoms with Crippen molar-refractivity contribution < 1.29 is 9.18 Å². The van der Waals surface area contributed by atoms with Gasteiger partial charge < -0.3 is 19.7 Å². The quantitative estimate of drug-likeness (QED) is 0.322. The van der Waals surface area contributed by atoms with Crippen LogP contribution in [0.25, 0.3) is 39.1 Å². The van der Waals surface area contributed by atoms with Gasteiger partial charge in [0.15, 0.2) is 0 Å². The first-order valence-electron chi connectivity index (χ1n) is 13.7. The van der Waals surface area contributed by atoms with Crippen molar-refractivity contribution in [2.24, 2.45) is 5.92 Å². The van der Waals surface area contributed by atoms with Crippen LogP contribution < -0.4 is 10.9 Å². The Morgan fingerprint density at radius 2 is 1.98 bits per heavy atom. The molecule has 2 aliphatic rings. The molecule has 0 atom stereocenters. The minimum absolute atomic E-state index is 0.00303. The van der Waals surface area contributed by atoms with Crippen LogP contribution in [0.2, 0.25) is 0 Å². The lowest BCUT2D eigenvalue weighted by molar-refractivity contribution is 0.129. The molecule has 3 N–H and O–H groups in total. The number of rotatable bonds is 4. The predicted octanol–water partition coefficient (Wildman–Crippen LogP) is 3.65. The lowest BCUT2D eigenvalue weighted by atomic mass is 9.97. The van der Waals surface area contributed by atoms with Crippen LogP contribution in [0.15, 0.2) is 53.7 Å². The van der Waals surface area contributed by atoms with E-state index in [4.69, 9.17) is 0 Å². The minimum Gasteiger partial charge on any atom is -0.345 e. The van der Waals surface area contributed by atoms with Crippen LogP contribution in [-0.4, -0.2) is 73.2 Å². The number of imidazole rings is 1. The molecule has 1 saturated heterocycles. The van der Waals surface area contributed by atoms with E-state index in [2.05, 4.69) is 25.1 Å². The smallest absolute Gasteiger partial charge is 0.320 e. The van der Waals surface area contributed by atoms with Gasteiger partial charge in [0.2, 0.25) is 0 Å². The number of benzene rings is 1. The van der Waals surface area contributed by atoms with Crippen molar-refractivity contribution in [3.8, 4) is 22.5 Å². The molecular formula is C29H31FN8O2. The van der Waals surface area contributed by atoms with Crippen LogP contribution in [0.1, 0.15) is 18.4 Å². The van der Waals surface area contributed by atoms with Crippen molar-refractivity contribution in [1.82, 2.24) is 39.3 Å². The van der Waals surface area contributed by atoms with Gasteiger partial charge in [0.25, 0.3) is 5.56 Å². The molecule has 11 heteroatoms. The summed E-state index contributed by atoms with van der Waals surface area (Å²) in [5.41, 5.74) is 4.44. The summed E-state index contributed by atoms with van der Waals surface area (Å²) in [5.74, 6) is 0.189. The fourth-order valence-electron chi connectivity index (χ4n) is 6.40. The average Bonchev–Trinajstić information content (AvgIpc) is 3.62. The van der Waals surface area contributed by atoms with Crippen LogP contribution in [0.5, 0.6) is 0 Å². The zero-order valence-corrected chi connectivity index (χ0v) is 22.3. The Balaban J connectivity index is 1.26. The van der Waals surface area contributed by atoms with E-state index in [0.717, 1.165) is 54.9 Å². The zero-order valence-electron chi connectivity index (χ0n) is 22.3. The monoisotopic (exact) mass is 542 g/mol. The van der Waals surface area contributed by atoms with Gasteiger partial charge in [-0.15, -0.1) is 0 Å². The fraction of sp³-hybridized carbons (Fsp3) is 0.345. The number of carbonyl (C=O) groups is 1. The summed E-state index contributed by atoms with van der Waals surface area (Å²) in [6.45, 7) is 3.80. The van der Waals surface area contributed by atoms with Gasteiger partial charge in [0.1, 0.15) is 11.5 Å². The van der Waals surface area contributed by atoms with E-state index >= 15 is 4.39 Å². The summed E-state index contributed by atoms with van der Waals surface area (Å²) in [4.78, 5) is 34.9. The zero-order chi connectivity index (χ0) is 27.4. The van der Waals surface area contributed by atoms with Crippen LogP contribution in [0.4, 0.5) is 9.18 Å². The topological polar surface area (TPSA) is 106 Å². The maximum Gasteiger partial charge on any atom is 0.320 e. The normalized spacial score (nSPS) is 16.2. The molecule has 7 rings (SSSR count). The van der Waals surface area contributed by atoms with Gasteiger partial charge in [-0.3, -0.25) is 19.4 Å². The molecule has 2 aliphatic heterocycles. The third kappa shape index (κ3) is 4.00. The van der Waals surface area contributed by atoms with E-state index in [-0.39, 0.29) is 11.6 Å². The molecule has 1 fully saturated rings. The van der Waals surface area contributed by atoms with Crippen molar-refractivity contribution in [2.45, 2.75) is 25.9 Å². The van der Waals surface area contributed by atoms with E-state index in [0.29, 0.717) is 47.8 Å². The number of urea groups is 1. The second-order valence-electron chi connectivity index (χ2n) is 10.8. The van der Waals surface area contributed by atoms with Gasteiger partial charge in [-0.1, -0.05) is 6.07 Å². The molecule has 10 nitrogen and oxygen atoms in total. The Kier molecular flexibility index (Phi) is 5.96. The van der Waals surface area contributed by atoms with Crippen molar-refractivity contribution in [3.05, 3.63) is 70.7 Å². The Morgan fingerprint density at radius 1 is 1.12 bits per heavy atom. The first kappa shape index (κ1) is 24.6. The lowest BCUT2D eigenvalue weighted by Crippen LogP contribution is -2.47. The van der Waals surface area contributed by atoms with Gasteiger partial charge in [0.05, 0.1) is 28.7 Å². The molecule has 0 bridgehead atoms. The van der Waals surface area contributed by atoms with Gasteiger partial charge in [-0.25, -0.2) is 14.2 Å². The SMILES string of the molecule is CNCC1CCN(C(=O)N2CCn3cc(-c4c(-c5cnc6ccccn56)[nH][nH]c4=O)c4cc(F)cc(c43)C2)CC1. The van der Waals surface area contributed by atoms with Crippen molar-refractivity contribution in [1.29, 1.82) is 0 Å². The van der Waals surface area contributed by atoms with Crippen LogP contribution in [0, 0.1) is 11.7 Å². The number of nitrogens with zero attached hydrogens (tertiary/aromatic N) is 5. The number of nitrogens with one attached hydrogen (secondary N) is 3. The van der Waals surface area contributed by atoms with E-state index in [1.54, 1.807) is 6.20 Å². The molecule has 1 aromatic carbocycles. The number of likely N-dealkylation sites (tertiary alicyclic amines) is 1. The van der Waals surface area contributed by atoms with Gasteiger partial charge in [0, 0.05) is 56.1 Å². The summed E-state index contributed by atoms with van der Waals surface area (Å²) >= 11 is 0. The van der Waals surface area contributed by atoms with Crippen LogP contribution >= 0.6 is 0 Å². The standard InChI is InChI=1S/C29H31FN8O2/c1-31-14-18-5-8-35(9-6-18)29(40)37-11-10-36-17-22(21-13-20(30)12-19(16-37)27(21)36)25-26(33-34-28(25)39)23-15-32-24-4-2-3-7-38(23)24/h2-4,7,12-13,15,17-18,31H,5-6,8-11,14,16H2,1H3,(H2,33,34,39). The molecule has 0 spiro atoms. The number of hydrogen-bond acceptors (Lipinski definition) is 4. The van der Waals surface area contributed by atoms with Crippen LogP contribution in [-0.2, 0) is 13.1 Å². The Labute approximate surface area is 229 Å². The molecule has 0 saturated carbocycles. The summed E-state index contributed by atoms with van der Waals surface area (Å²) in [6.07, 6.45) is 7.48. The number of carbonyl (C=O) groups excluding carboxylic acids is 1. The highest BCUT2D eigenvalue weighted by Crippen LogP contribution is 2.37. The Morgan fingerprint density at radius 3 is 2.80 bits per heavy atom. The van der Waals surface area contributed by atoms with Crippen molar-refractivity contribution in [2.75, 3.05) is 33.2 Å². The van der Waals surface area contributed by atoms with E-state index < -0.39 is 5.82 Å². The number of hydrogen-bond donors (Lipinski definition) is 3. The number of H-pyrrole nitrogens is 2. The third-order valence-electron chi connectivity index (χ3n) is 8.36. The fourth-order valence-corrected chi connectivity index (χ4v) is 6.40. The maximum absolute atomic E-state index is 15.1.